The fraction of sp³-hybridized carbons (Fsp3) is 0.333. The molecule has 0 heterocycles. The molecule has 0 spiro atoms. The molecule has 5 nitrogen and oxygen atoms in total. The molecule has 0 aliphatic carbocycles. The number of rotatable bonds is 6. The number of aliphatic hydroxyl groups is 1. The third kappa shape index (κ3) is 7.92. The highest BCUT2D eigenvalue weighted by molar-refractivity contribution is 7.99. The zero-order valence-corrected chi connectivity index (χ0v) is 16.2. The summed E-state index contributed by atoms with van der Waals surface area (Å²) in [5.41, 5.74) is 0.956. The van der Waals surface area contributed by atoms with Crippen molar-refractivity contribution in [1.29, 1.82) is 0 Å². The number of aryl methyl sites for hydroxylation is 1. The average Bonchev–Trinajstić information content (AvgIpc) is 2.60. The molecule has 7 heteroatoms. The molecule has 2 N–H and O–H groups in total. The second-order valence-corrected chi connectivity index (χ2v) is 8.02. The first kappa shape index (κ1) is 21.5. The summed E-state index contributed by atoms with van der Waals surface area (Å²) in [6.07, 6.45) is 0. The molecule has 2 aromatic rings. The maximum absolute atomic E-state index is 10.5. The van der Waals surface area contributed by atoms with Crippen molar-refractivity contribution < 1.29 is 22.8 Å². The predicted molar refractivity (Wildman–Crippen MR) is 101 cm³/mol. The Balaban J connectivity index is 0.000000257. The highest BCUT2D eigenvalue weighted by atomic mass is 32.2. The van der Waals surface area contributed by atoms with Gasteiger partial charge in [-0.1, -0.05) is 36.8 Å². The Morgan fingerprint density at radius 1 is 1.12 bits per heavy atom. The molecule has 138 valence electrons. The Hall–Kier alpha value is -1.54. The maximum atomic E-state index is 10.5. The number of aliphatic hydroxyl groups excluding tert-OH is 1. The minimum atomic E-state index is -4.02. The van der Waals surface area contributed by atoms with Crippen LogP contribution >= 0.6 is 11.8 Å². The van der Waals surface area contributed by atoms with E-state index in [9.17, 15) is 8.42 Å². The van der Waals surface area contributed by atoms with E-state index in [1.165, 1.54) is 12.1 Å². The molecule has 0 unspecified atom stereocenters. The van der Waals surface area contributed by atoms with Gasteiger partial charge < -0.3 is 9.84 Å². The third-order valence-corrected chi connectivity index (χ3v) is 5.47. The van der Waals surface area contributed by atoms with Gasteiger partial charge >= 0.3 is 0 Å². The van der Waals surface area contributed by atoms with Crippen LogP contribution < -0.4 is 4.74 Å². The number of thioether (sulfide) groups is 1. The molecule has 0 aliphatic heterocycles. The molecular formula is C18H24O5S2. The van der Waals surface area contributed by atoms with E-state index in [1.807, 2.05) is 38.1 Å². The molecule has 0 aromatic heterocycles. The molecule has 2 rings (SSSR count). The largest absolute Gasteiger partial charge is 0.496 e. The molecule has 0 amide bonds. The van der Waals surface area contributed by atoms with Crippen molar-refractivity contribution in [2.24, 2.45) is 5.92 Å². The standard InChI is InChI=1S/C11H16O2S.C7H8O3S/c1-9(7-12)8-14-11-6-4-3-5-10(11)13-2;1-6-2-4-7(5-3-6)11(8,9)10/h3-6,9,12H,7-8H2,1-2H3;2-5H,1H3,(H,8,9,10)/t9-;/m0./s1. The summed E-state index contributed by atoms with van der Waals surface area (Å²) in [6, 6.07) is 13.9. The fourth-order valence-electron chi connectivity index (χ4n) is 1.73. The number of para-hydroxylation sites is 1. The summed E-state index contributed by atoms with van der Waals surface area (Å²) in [7, 11) is -2.34. The zero-order chi connectivity index (χ0) is 18.9. The van der Waals surface area contributed by atoms with E-state index in [1.54, 1.807) is 31.0 Å². The van der Waals surface area contributed by atoms with E-state index < -0.39 is 10.1 Å². The van der Waals surface area contributed by atoms with Gasteiger partial charge in [-0.05, 0) is 37.1 Å². The first-order chi connectivity index (χ1) is 11.8. The Morgan fingerprint density at radius 3 is 2.24 bits per heavy atom. The summed E-state index contributed by atoms with van der Waals surface area (Å²) in [6.45, 7) is 4.11. The van der Waals surface area contributed by atoms with Crippen LogP contribution in [-0.4, -0.2) is 37.5 Å². The SMILES string of the molecule is COc1ccccc1SC[C@@H](C)CO.Cc1ccc(S(=O)(=O)O)cc1. The van der Waals surface area contributed by atoms with E-state index in [2.05, 4.69) is 0 Å². The van der Waals surface area contributed by atoms with Crippen LogP contribution in [0.2, 0.25) is 0 Å². The van der Waals surface area contributed by atoms with Gasteiger partial charge in [0.2, 0.25) is 0 Å². The Morgan fingerprint density at radius 2 is 1.72 bits per heavy atom. The minimum Gasteiger partial charge on any atom is -0.496 e. The smallest absolute Gasteiger partial charge is 0.294 e. The van der Waals surface area contributed by atoms with Crippen molar-refractivity contribution in [3.05, 3.63) is 54.1 Å². The van der Waals surface area contributed by atoms with E-state index >= 15 is 0 Å². The van der Waals surface area contributed by atoms with Crippen LogP contribution in [0.15, 0.2) is 58.3 Å². The normalized spacial score (nSPS) is 12.0. The molecule has 0 fully saturated rings. The molecule has 1 atom stereocenters. The lowest BCUT2D eigenvalue weighted by atomic mass is 10.2. The van der Waals surface area contributed by atoms with E-state index in [0.29, 0.717) is 5.92 Å². The molecule has 0 radical (unpaired) electrons. The Kier molecular flexibility index (Phi) is 8.99. The minimum absolute atomic E-state index is 0.0666. The highest BCUT2D eigenvalue weighted by Crippen LogP contribution is 2.29. The summed E-state index contributed by atoms with van der Waals surface area (Å²) < 4.78 is 34.8. The highest BCUT2D eigenvalue weighted by Gasteiger charge is 2.07. The number of benzene rings is 2. The monoisotopic (exact) mass is 384 g/mol. The molecule has 2 aromatic carbocycles. The number of hydrogen-bond acceptors (Lipinski definition) is 5. The van der Waals surface area contributed by atoms with Crippen molar-refractivity contribution >= 4 is 21.9 Å². The van der Waals surface area contributed by atoms with Crippen molar-refractivity contribution in [1.82, 2.24) is 0 Å². The Bertz CT molecular complexity index is 742. The molecule has 0 saturated carbocycles. The maximum Gasteiger partial charge on any atom is 0.294 e. The predicted octanol–water partition coefficient (Wildman–Crippen LogP) is 3.66. The zero-order valence-electron chi connectivity index (χ0n) is 14.5. The number of hydrogen-bond donors (Lipinski definition) is 2. The second kappa shape index (κ2) is 10.5. The lowest BCUT2D eigenvalue weighted by molar-refractivity contribution is 0.250. The lowest BCUT2D eigenvalue weighted by Crippen LogP contribution is -2.03. The van der Waals surface area contributed by atoms with Gasteiger partial charge in [0.25, 0.3) is 10.1 Å². The topological polar surface area (TPSA) is 83.8 Å². The van der Waals surface area contributed by atoms with Gasteiger partial charge in [-0.3, -0.25) is 4.55 Å². The lowest BCUT2D eigenvalue weighted by Gasteiger charge is -2.10. The van der Waals surface area contributed by atoms with Crippen LogP contribution in [0.3, 0.4) is 0 Å². The van der Waals surface area contributed by atoms with Gasteiger partial charge in [0.05, 0.1) is 12.0 Å². The van der Waals surface area contributed by atoms with Gasteiger partial charge in [0.15, 0.2) is 0 Å². The Labute approximate surface area is 153 Å². The average molecular weight is 385 g/mol. The summed E-state index contributed by atoms with van der Waals surface area (Å²) >= 11 is 1.72. The summed E-state index contributed by atoms with van der Waals surface area (Å²) in [5, 5.41) is 8.89. The van der Waals surface area contributed by atoms with Crippen molar-refractivity contribution in [2.45, 2.75) is 23.6 Å². The van der Waals surface area contributed by atoms with Gasteiger partial charge in [-0.15, -0.1) is 11.8 Å². The third-order valence-electron chi connectivity index (χ3n) is 3.22. The first-order valence-electron chi connectivity index (χ1n) is 7.68. The number of ether oxygens (including phenoxy) is 1. The van der Waals surface area contributed by atoms with Gasteiger partial charge in [0.1, 0.15) is 5.75 Å². The molecule has 0 bridgehead atoms. The van der Waals surface area contributed by atoms with Crippen molar-refractivity contribution in [3.63, 3.8) is 0 Å². The molecular weight excluding hydrogens is 360 g/mol. The number of methoxy groups -OCH3 is 1. The van der Waals surface area contributed by atoms with Gasteiger partial charge in [-0.2, -0.15) is 8.42 Å². The van der Waals surface area contributed by atoms with E-state index in [0.717, 1.165) is 22.0 Å². The van der Waals surface area contributed by atoms with E-state index in [4.69, 9.17) is 14.4 Å². The van der Waals surface area contributed by atoms with Crippen LogP contribution in [-0.2, 0) is 10.1 Å². The van der Waals surface area contributed by atoms with Crippen LogP contribution in [0.5, 0.6) is 5.75 Å². The van der Waals surface area contributed by atoms with Gasteiger partial charge in [0, 0.05) is 17.3 Å². The summed E-state index contributed by atoms with van der Waals surface area (Å²) in [5.74, 6) is 2.14. The van der Waals surface area contributed by atoms with E-state index in [-0.39, 0.29) is 11.5 Å². The second-order valence-electron chi connectivity index (χ2n) is 5.54. The van der Waals surface area contributed by atoms with Crippen LogP contribution in [0.1, 0.15) is 12.5 Å². The van der Waals surface area contributed by atoms with Gasteiger partial charge in [-0.25, -0.2) is 0 Å². The van der Waals surface area contributed by atoms with Crippen LogP contribution in [0, 0.1) is 12.8 Å². The molecule has 0 aliphatic rings. The van der Waals surface area contributed by atoms with Crippen LogP contribution in [0.25, 0.3) is 0 Å². The van der Waals surface area contributed by atoms with Crippen molar-refractivity contribution in [2.75, 3.05) is 19.5 Å². The van der Waals surface area contributed by atoms with Crippen LogP contribution in [0.4, 0.5) is 0 Å². The molecule has 0 saturated heterocycles. The first-order valence-corrected chi connectivity index (χ1v) is 10.1. The molecule has 25 heavy (non-hydrogen) atoms. The quantitative estimate of drug-likeness (QED) is 0.584. The van der Waals surface area contributed by atoms with Crippen molar-refractivity contribution in [3.8, 4) is 5.75 Å². The summed E-state index contributed by atoms with van der Waals surface area (Å²) in [4.78, 5) is 1.07. The fourth-order valence-corrected chi connectivity index (χ4v) is 3.25.